The summed E-state index contributed by atoms with van der Waals surface area (Å²) >= 11 is 0. The topological polar surface area (TPSA) is 41.6 Å². The molecule has 2 aliphatic heterocycles. The molecule has 0 unspecified atom stereocenters. The fourth-order valence-electron chi connectivity index (χ4n) is 3.57. The van der Waals surface area contributed by atoms with Gasteiger partial charge in [0, 0.05) is 25.7 Å². The summed E-state index contributed by atoms with van der Waals surface area (Å²) < 4.78 is 42.7. The molecule has 3 rings (SSSR count). The van der Waals surface area contributed by atoms with E-state index in [-0.39, 0.29) is 23.3 Å². The highest BCUT2D eigenvalue weighted by Gasteiger charge is 2.38. The van der Waals surface area contributed by atoms with E-state index < -0.39 is 6.36 Å². The van der Waals surface area contributed by atoms with Gasteiger partial charge in [0.2, 0.25) is 0 Å². The summed E-state index contributed by atoms with van der Waals surface area (Å²) in [5.41, 5.74) is 1.53. The number of hydrogen-bond donors (Lipinski definition) is 1. The number of nitrogens with one attached hydrogen (secondary N) is 1. The van der Waals surface area contributed by atoms with Gasteiger partial charge in [0.1, 0.15) is 5.75 Å². The van der Waals surface area contributed by atoms with Crippen molar-refractivity contribution in [1.82, 2.24) is 10.2 Å². The Labute approximate surface area is 139 Å². The average molecular weight is 342 g/mol. The molecule has 1 N–H and O–H groups in total. The molecule has 1 fully saturated rings. The van der Waals surface area contributed by atoms with Crippen molar-refractivity contribution in [3.8, 4) is 5.75 Å². The number of amides is 1. The fraction of sp³-hybridized carbons (Fsp3) is 0.588. The molecule has 24 heavy (non-hydrogen) atoms. The number of halogens is 3. The zero-order valence-electron chi connectivity index (χ0n) is 13.6. The molecule has 0 aromatic heterocycles. The monoisotopic (exact) mass is 342 g/mol. The van der Waals surface area contributed by atoms with Crippen molar-refractivity contribution in [2.45, 2.75) is 45.0 Å². The Hall–Kier alpha value is -1.76. The Morgan fingerprint density at radius 2 is 2.17 bits per heavy atom. The van der Waals surface area contributed by atoms with Crippen LogP contribution >= 0.6 is 0 Å². The average Bonchev–Trinajstić information content (AvgIpc) is 2.64. The molecular formula is C17H21F3N2O2. The van der Waals surface area contributed by atoms with Crippen LogP contribution in [-0.2, 0) is 12.8 Å². The van der Waals surface area contributed by atoms with Gasteiger partial charge in [-0.05, 0) is 36.5 Å². The quantitative estimate of drug-likeness (QED) is 0.918. The van der Waals surface area contributed by atoms with E-state index in [1.807, 2.05) is 13.0 Å². The number of carbonyl (C=O) groups is 1. The third-order valence-corrected chi connectivity index (χ3v) is 4.58. The molecule has 0 saturated carbocycles. The number of alkyl halides is 3. The van der Waals surface area contributed by atoms with Gasteiger partial charge in [-0.2, -0.15) is 0 Å². The van der Waals surface area contributed by atoms with Crippen LogP contribution < -0.4 is 10.1 Å². The van der Waals surface area contributed by atoms with Crippen molar-refractivity contribution < 1.29 is 22.7 Å². The molecule has 2 heterocycles. The normalized spacial score (nSPS) is 21.1. The summed E-state index contributed by atoms with van der Waals surface area (Å²) in [6.07, 6.45) is -2.02. The van der Waals surface area contributed by atoms with Crippen LogP contribution in [0.4, 0.5) is 13.2 Å². The lowest BCUT2D eigenvalue weighted by molar-refractivity contribution is -0.274. The molecule has 0 aliphatic carbocycles. The smallest absolute Gasteiger partial charge is 0.405 e. The number of piperazine rings is 1. The molecule has 1 amide bonds. The van der Waals surface area contributed by atoms with Crippen LogP contribution in [0.3, 0.4) is 0 Å². The van der Waals surface area contributed by atoms with Crippen LogP contribution in [0.25, 0.3) is 0 Å². The third-order valence-electron chi connectivity index (χ3n) is 4.58. The maximum Gasteiger partial charge on any atom is 0.573 e. The van der Waals surface area contributed by atoms with Gasteiger partial charge in [0.25, 0.3) is 5.91 Å². The molecule has 7 heteroatoms. The molecule has 1 aromatic carbocycles. The van der Waals surface area contributed by atoms with Crippen molar-refractivity contribution >= 4 is 5.91 Å². The highest BCUT2D eigenvalue weighted by atomic mass is 19.4. The largest absolute Gasteiger partial charge is 0.573 e. The lowest BCUT2D eigenvalue weighted by Gasteiger charge is -2.35. The first kappa shape index (κ1) is 17.1. The molecule has 4 nitrogen and oxygen atoms in total. The lowest BCUT2D eigenvalue weighted by Crippen LogP contribution is -2.53. The number of ether oxygens (including phenoxy) is 1. The number of nitrogens with zero attached hydrogens (tertiary/aromatic N) is 1. The predicted molar refractivity (Wildman–Crippen MR) is 83.1 cm³/mol. The van der Waals surface area contributed by atoms with Crippen LogP contribution in [0, 0.1) is 0 Å². The molecule has 1 saturated heterocycles. The summed E-state index contributed by atoms with van der Waals surface area (Å²) in [6, 6.07) is 3.26. The van der Waals surface area contributed by atoms with Gasteiger partial charge >= 0.3 is 6.36 Å². The SMILES string of the molecule is CCCc1cc2c(c(OC(F)(F)F)c1)C(=O)N1CCNC[C@@H]1CC2. The second-order valence-electron chi connectivity index (χ2n) is 6.32. The highest BCUT2D eigenvalue weighted by Crippen LogP contribution is 2.35. The minimum absolute atomic E-state index is 0.0204. The first-order chi connectivity index (χ1) is 11.4. The van der Waals surface area contributed by atoms with Crippen molar-refractivity contribution in [2.24, 2.45) is 0 Å². The van der Waals surface area contributed by atoms with Crippen molar-refractivity contribution in [3.63, 3.8) is 0 Å². The van der Waals surface area contributed by atoms with E-state index in [0.717, 1.165) is 18.4 Å². The molecular weight excluding hydrogens is 321 g/mol. The Kier molecular flexibility index (Phi) is 4.71. The van der Waals surface area contributed by atoms with E-state index in [0.29, 0.717) is 38.0 Å². The van der Waals surface area contributed by atoms with Gasteiger partial charge < -0.3 is 15.0 Å². The number of benzene rings is 1. The van der Waals surface area contributed by atoms with E-state index in [9.17, 15) is 18.0 Å². The van der Waals surface area contributed by atoms with E-state index >= 15 is 0 Å². The number of fused-ring (bicyclic) bond motifs is 2. The Bertz CT molecular complexity index is 631. The summed E-state index contributed by atoms with van der Waals surface area (Å²) in [6.45, 7) is 3.80. The summed E-state index contributed by atoms with van der Waals surface area (Å²) in [5.74, 6) is -0.705. The van der Waals surface area contributed by atoms with Gasteiger partial charge in [0.15, 0.2) is 0 Å². The summed E-state index contributed by atoms with van der Waals surface area (Å²) in [7, 11) is 0. The van der Waals surface area contributed by atoms with Crippen LogP contribution in [-0.4, -0.2) is 42.8 Å². The molecule has 0 radical (unpaired) electrons. The fourth-order valence-corrected chi connectivity index (χ4v) is 3.57. The summed E-state index contributed by atoms with van der Waals surface area (Å²) in [5, 5.41) is 3.24. The second-order valence-corrected chi connectivity index (χ2v) is 6.32. The maximum absolute atomic E-state index is 12.9. The van der Waals surface area contributed by atoms with Crippen molar-refractivity contribution in [3.05, 3.63) is 28.8 Å². The zero-order valence-corrected chi connectivity index (χ0v) is 13.6. The molecule has 1 aromatic rings. The molecule has 1 atom stereocenters. The third kappa shape index (κ3) is 3.50. The number of rotatable bonds is 3. The first-order valence-electron chi connectivity index (χ1n) is 8.32. The Balaban J connectivity index is 2.06. The molecule has 0 bridgehead atoms. The predicted octanol–water partition coefficient (Wildman–Crippen LogP) is 2.90. The van der Waals surface area contributed by atoms with E-state index in [1.165, 1.54) is 6.07 Å². The van der Waals surface area contributed by atoms with Crippen LogP contribution in [0.5, 0.6) is 5.75 Å². The Morgan fingerprint density at radius 1 is 1.38 bits per heavy atom. The number of hydrogen-bond acceptors (Lipinski definition) is 3. The minimum Gasteiger partial charge on any atom is -0.405 e. The van der Waals surface area contributed by atoms with Gasteiger partial charge in [-0.15, -0.1) is 13.2 Å². The van der Waals surface area contributed by atoms with Crippen molar-refractivity contribution in [1.29, 1.82) is 0 Å². The minimum atomic E-state index is -4.81. The van der Waals surface area contributed by atoms with Crippen LogP contribution in [0.15, 0.2) is 12.1 Å². The number of carbonyl (C=O) groups excluding carboxylic acids is 1. The van der Waals surface area contributed by atoms with E-state index in [4.69, 9.17) is 0 Å². The number of aryl methyl sites for hydroxylation is 2. The van der Waals surface area contributed by atoms with E-state index in [2.05, 4.69) is 10.1 Å². The molecule has 132 valence electrons. The standard InChI is InChI=1S/C17H21F3N2O2/c1-2-3-11-8-12-4-5-13-10-21-6-7-22(13)16(23)15(12)14(9-11)24-17(18,19)20/h8-9,13,21H,2-7,10H2,1H3/t13-/m0/s1. The van der Waals surface area contributed by atoms with Crippen LogP contribution in [0.1, 0.15) is 41.3 Å². The molecule has 2 aliphatic rings. The lowest BCUT2D eigenvalue weighted by atomic mass is 9.97. The summed E-state index contributed by atoms with van der Waals surface area (Å²) in [4.78, 5) is 14.6. The zero-order chi connectivity index (χ0) is 17.3. The molecule has 0 spiro atoms. The van der Waals surface area contributed by atoms with Crippen LogP contribution in [0.2, 0.25) is 0 Å². The Morgan fingerprint density at radius 3 is 2.88 bits per heavy atom. The first-order valence-corrected chi connectivity index (χ1v) is 8.32. The maximum atomic E-state index is 12.9. The highest BCUT2D eigenvalue weighted by molar-refractivity contribution is 5.99. The van der Waals surface area contributed by atoms with E-state index in [1.54, 1.807) is 4.90 Å². The van der Waals surface area contributed by atoms with Gasteiger partial charge in [-0.1, -0.05) is 19.4 Å². The second kappa shape index (κ2) is 6.63. The van der Waals surface area contributed by atoms with Gasteiger partial charge in [-0.3, -0.25) is 4.79 Å². The van der Waals surface area contributed by atoms with Gasteiger partial charge in [-0.25, -0.2) is 0 Å². The van der Waals surface area contributed by atoms with Gasteiger partial charge in [0.05, 0.1) is 5.56 Å². The van der Waals surface area contributed by atoms with Crippen molar-refractivity contribution in [2.75, 3.05) is 19.6 Å².